The van der Waals surface area contributed by atoms with E-state index in [9.17, 15) is 9.59 Å². The molecule has 1 aliphatic rings. The van der Waals surface area contributed by atoms with Gasteiger partial charge in [0.15, 0.2) is 0 Å². The second-order valence-electron chi connectivity index (χ2n) is 7.03. The molecule has 2 rings (SSSR count). The van der Waals surface area contributed by atoms with Crippen molar-refractivity contribution < 1.29 is 9.59 Å². The van der Waals surface area contributed by atoms with Gasteiger partial charge in [0.2, 0.25) is 11.8 Å². The standard InChI is InChI=1S/C20H30N2O2/c1-15-7-6-10-18(16(15)2)22-20(24)12-11-19(23)21-14-13-17-8-4-3-5-9-17/h3-5,8-9,15-16,18H,6-7,10-14H2,1-2H3,(H,21,23)(H,22,24). The third-order valence-electron chi connectivity index (χ3n) is 5.21. The van der Waals surface area contributed by atoms with Crippen LogP contribution in [-0.4, -0.2) is 24.4 Å². The molecular formula is C20H30N2O2. The van der Waals surface area contributed by atoms with Gasteiger partial charge in [0.25, 0.3) is 0 Å². The Bertz CT molecular complexity index is 530. The molecule has 3 unspecified atom stereocenters. The van der Waals surface area contributed by atoms with E-state index >= 15 is 0 Å². The molecule has 3 atom stereocenters. The van der Waals surface area contributed by atoms with Gasteiger partial charge >= 0.3 is 0 Å². The third-order valence-corrected chi connectivity index (χ3v) is 5.21. The number of hydrogen-bond donors (Lipinski definition) is 2. The Balaban J connectivity index is 1.61. The van der Waals surface area contributed by atoms with E-state index in [1.165, 1.54) is 18.4 Å². The van der Waals surface area contributed by atoms with Crippen molar-refractivity contribution in [1.82, 2.24) is 10.6 Å². The van der Waals surface area contributed by atoms with E-state index in [2.05, 4.69) is 24.5 Å². The Hall–Kier alpha value is -1.84. The Morgan fingerprint density at radius 1 is 1.04 bits per heavy atom. The van der Waals surface area contributed by atoms with E-state index in [1.807, 2.05) is 30.3 Å². The van der Waals surface area contributed by atoms with Gasteiger partial charge in [-0.25, -0.2) is 0 Å². The lowest BCUT2D eigenvalue weighted by Gasteiger charge is -2.34. The molecule has 0 radical (unpaired) electrons. The monoisotopic (exact) mass is 330 g/mol. The maximum absolute atomic E-state index is 12.1. The number of rotatable bonds is 7. The number of amides is 2. The number of carbonyl (C=O) groups is 2. The molecule has 2 amide bonds. The summed E-state index contributed by atoms with van der Waals surface area (Å²) in [5, 5.41) is 6.00. The largest absolute Gasteiger partial charge is 0.356 e. The summed E-state index contributed by atoms with van der Waals surface area (Å²) in [7, 11) is 0. The van der Waals surface area contributed by atoms with E-state index in [4.69, 9.17) is 0 Å². The zero-order chi connectivity index (χ0) is 17.4. The number of benzene rings is 1. The van der Waals surface area contributed by atoms with Crippen LogP contribution < -0.4 is 10.6 Å². The van der Waals surface area contributed by atoms with E-state index in [-0.39, 0.29) is 30.7 Å². The van der Waals surface area contributed by atoms with Gasteiger partial charge in [-0.15, -0.1) is 0 Å². The third kappa shape index (κ3) is 5.99. The van der Waals surface area contributed by atoms with Crippen molar-refractivity contribution in [3.63, 3.8) is 0 Å². The first-order valence-electron chi connectivity index (χ1n) is 9.16. The zero-order valence-corrected chi connectivity index (χ0v) is 14.9. The van der Waals surface area contributed by atoms with Crippen molar-refractivity contribution in [3.05, 3.63) is 35.9 Å². The topological polar surface area (TPSA) is 58.2 Å². The van der Waals surface area contributed by atoms with Gasteiger partial charge in [0.1, 0.15) is 0 Å². The number of nitrogens with one attached hydrogen (secondary N) is 2. The second-order valence-corrected chi connectivity index (χ2v) is 7.03. The van der Waals surface area contributed by atoms with Crippen LogP contribution in [0.4, 0.5) is 0 Å². The smallest absolute Gasteiger partial charge is 0.220 e. The Kier molecular flexibility index (Phi) is 7.29. The Morgan fingerprint density at radius 3 is 2.50 bits per heavy atom. The van der Waals surface area contributed by atoms with Crippen molar-refractivity contribution in [3.8, 4) is 0 Å². The van der Waals surface area contributed by atoms with Crippen LogP contribution >= 0.6 is 0 Å². The second kappa shape index (κ2) is 9.45. The molecule has 0 saturated heterocycles. The number of carbonyl (C=O) groups excluding carboxylic acids is 2. The minimum atomic E-state index is -0.0499. The summed E-state index contributed by atoms with van der Waals surface area (Å²) in [5.41, 5.74) is 1.20. The molecule has 1 aliphatic carbocycles. The predicted octanol–water partition coefficient (Wildman–Crippen LogP) is 3.07. The molecule has 0 heterocycles. The average Bonchev–Trinajstić information content (AvgIpc) is 2.58. The highest BCUT2D eigenvalue weighted by atomic mass is 16.2. The van der Waals surface area contributed by atoms with Crippen LogP contribution in [-0.2, 0) is 16.0 Å². The predicted molar refractivity (Wildman–Crippen MR) is 96.5 cm³/mol. The molecule has 1 aromatic rings. The maximum Gasteiger partial charge on any atom is 0.220 e. The Morgan fingerprint density at radius 2 is 1.75 bits per heavy atom. The van der Waals surface area contributed by atoms with Crippen molar-refractivity contribution in [1.29, 1.82) is 0 Å². The first-order valence-corrected chi connectivity index (χ1v) is 9.16. The van der Waals surface area contributed by atoms with Gasteiger partial charge in [0.05, 0.1) is 0 Å². The first-order chi connectivity index (χ1) is 11.6. The van der Waals surface area contributed by atoms with Gasteiger partial charge < -0.3 is 10.6 Å². The molecule has 2 N–H and O–H groups in total. The van der Waals surface area contributed by atoms with Crippen molar-refractivity contribution in [2.45, 2.75) is 58.4 Å². The highest BCUT2D eigenvalue weighted by Gasteiger charge is 2.27. The van der Waals surface area contributed by atoms with Crippen LogP contribution in [0.1, 0.15) is 51.5 Å². The molecule has 132 valence electrons. The Labute approximate surface area is 145 Å². The quantitative estimate of drug-likeness (QED) is 0.807. The highest BCUT2D eigenvalue weighted by Crippen LogP contribution is 2.29. The molecule has 4 nitrogen and oxygen atoms in total. The van der Waals surface area contributed by atoms with Crippen LogP contribution in [0.2, 0.25) is 0 Å². The lowest BCUT2D eigenvalue weighted by atomic mass is 9.78. The van der Waals surface area contributed by atoms with Crippen LogP contribution in [0.5, 0.6) is 0 Å². The number of hydrogen-bond acceptors (Lipinski definition) is 2. The molecule has 0 aliphatic heterocycles. The molecule has 0 bridgehead atoms. The summed E-state index contributed by atoms with van der Waals surface area (Å²) >= 11 is 0. The molecule has 0 spiro atoms. The summed E-state index contributed by atoms with van der Waals surface area (Å²) in [6.45, 7) is 5.08. The lowest BCUT2D eigenvalue weighted by Crippen LogP contribution is -2.43. The zero-order valence-electron chi connectivity index (χ0n) is 14.9. The van der Waals surface area contributed by atoms with Crippen LogP contribution in [0.25, 0.3) is 0 Å². The fourth-order valence-corrected chi connectivity index (χ4v) is 3.37. The van der Waals surface area contributed by atoms with Crippen LogP contribution in [0, 0.1) is 11.8 Å². The maximum atomic E-state index is 12.1. The van der Waals surface area contributed by atoms with Gasteiger partial charge in [-0.3, -0.25) is 9.59 Å². The fourth-order valence-electron chi connectivity index (χ4n) is 3.37. The van der Waals surface area contributed by atoms with Crippen molar-refractivity contribution in [2.75, 3.05) is 6.54 Å². The normalized spacial score (nSPS) is 23.5. The van der Waals surface area contributed by atoms with E-state index in [0.717, 1.165) is 12.8 Å². The molecule has 1 fully saturated rings. The fraction of sp³-hybridized carbons (Fsp3) is 0.600. The molecule has 0 aromatic heterocycles. The van der Waals surface area contributed by atoms with Crippen molar-refractivity contribution in [2.24, 2.45) is 11.8 Å². The molecule has 1 aromatic carbocycles. The first kappa shape index (κ1) is 18.5. The summed E-state index contributed by atoms with van der Waals surface area (Å²) in [6, 6.07) is 10.3. The minimum Gasteiger partial charge on any atom is -0.356 e. The van der Waals surface area contributed by atoms with Gasteiger partial charge in [0, 0.05) is 25.4 Å². The summed E-state index contributed by atoms with van der Waals surface area (Å²) in [5.74, 6) is 1.12. The van der Waals surface area contributed by atoms with E-state index < -0.39 is 0 Å². The van der Waals surface area contributed by atoms with Gasteiger partial charge in [-0.1, -0.05) is 57.0 Å². The summed E-state index contributed by atoms with van der Waals surface area (Å²) in [6.07, 6.45) is 4.83. The molecular weight excluding hydrogens is 300 g/mol. The summed E-state index contributed by atoms with van der Waals surface area (Å²) in [4.78, 5) is 23.9. The van der Waals surface area contributed by atoms with E-state index in [0.29, 0.717) is 18.4 Å². The van der Waals surface area contributed by atoms with Gasteiger partial charge in [-0.2, -0.15) is 0 Å². The minimum absolute atomic E-state index is 0.000778. The van der Waals surface area contributed by atoms with Crippen molar-refractivity contribution >= 4 is 11.8 Å². The SMILES string of the molecule is CC1CCCC(NC(=O)CCC(=O)NCCc2ccccc2)C1C. The van der Waals surface area contributed by atoms with Crippen LogP contribution in [0.3, 0.4) is 0 Å². The summed E-state index contributed by atoms with van der Waals surface area (Å²) < 4.78 is 0. The molecule has 1 saturated carbocycles. The molecule has 24 heavy (non-hydrogen) atoms. The van der Waals surface area contributed by atoms with E-state index in [1.54, 1.807) is 0 Å². The lowest BCUT2D eigenvalue weighted by molar-refractivity contribution is -0.127. The highest BCUT2D eigenvalue weighted by molar-refractivity contribution is 5.83. The van der Waals surface area contributed by atoms with Crippen LogP contribution in [0.15, 0.2) is 30.3 Å². The average molecular weight is 330 g/mol. The molecule has 4 heteroatoms. The van der Waals surface area contributed by atoms with Gasteiger partial charge in [-0.05, 0) is 30.2 Å².